The molecule has 8 nitrogen and oxygen atoms in total. The largest absolute Gasteiger partial charge is 0.272 e. The van der Waals surface area contributed by atoms with Gasteiger partial charge in [0, 0.05) is 37.8 Å². The molecule has 26 heavy (non-hydrogen) atoms. The first kappa shape index (κ1) is 15.2. The first-order valence-electron chi connectivity index (χ1n) is 8.68. The molecule has 0 spiro atoms. The van der Waals surface area contributed by atoms with Crippen LogP contribution in [-0.2, 0) is 11.3 Å². The van der Waals surface area contributed by atoms with Crippen LogP contribution in [0.15, 0.2) is 36.1 Å². The van der Waals surface area contributed by atoms with E-state index in [1.54, 1.807) is 42.2 Å². The van der Waals surface area contributed by atoms with Gasteiger partial charge in [0.15, 0.2) is 0 Å². The smallest absolute Gasteiger partial charge is 0.249 e. The number of carbonyl (C=O) groups is 1. The van der Waals surface area contributed by atoms with Gasteiger partial charge in [-0.1, -0.05) is 0 Å². The van der Waals surface area contributed by atoms with Crippen molar-refractivity contribution in [1.29, 1.82) is 5.26 Å². The van der Waals surface area contributed by atoms with Gasteiger partial charge in [0.2, 0.25) is 5.91 Å². The molecular weight excluding hydrogens is 330 g/mol. The van der Waals surface area contributed by atoms with Crippen molar-refractivity contribution in [3.63, 3.8) is 0 Å². The van der Waals surface area contributed by atoms with Crippen LogP contribution in [0.4, 0.5) is 0 Å². The Kier molecular flexibility index (Phi) is 3.04. The van der Waals surface area contributed by atoms with Crippen molar-refractivity contribution in [3.8, 4) is 6.07 Å². The number of nitrogens with zero attached hydrogens (tertiary/aromatic N) is 7. The molecule has 1 aliphatic heterocycles. The molecule has 3 fully saturated rings. The highest BCUT2D eigenvalue weighted by molar-refractivity contribution is 5.88. The monoisotopic (exact) mass is 347 g/mol. The standard InChI is InChI=1S/C18H17N7O/c19-5-13-6-23-24(8-13)12-17-9-18(10-17,11-17)16(26)25-15(1-2-22-25)14-7-20-3-4-21-14/h2-4,6-8,15H,1,9-12H2. The maximum Gasteiger partial charge on any atom is 0.249 e. The topological polar surface area (TPSA) is 100 Å². The van der Waals surface area contributed by atoms with E-state index >= 15 is 0 Å². The Balaban J connectivity index is 1.27. The van der Waals surface area contributed by atoms with Crippen LogP contribution < -0.4 is 0 Å². The lowest BCUT2D eigenvalue weighted by molar-refractivity contribution is -0.223. The van der Waals surface area contributed by atoms with Gasteiger partial charge in [0.05, 0.1) is 29.1 Å². The molecule has 2 aromatic rings. The Morgan fingerprint density at radius 2 is 2.15 bits per heavy atom. The van der Waals surface area contributed by atoms with Crippen molar-refractivity contribution < 1.29 is 4.79 Å². The molecule has 3 saturated carbocycles. The van der Waals surface area contributed by atoms with Gasteiger partial charge in [-0.05, 0) is 24.7 Å². The van der Waals surface area contributed by atoms with Crippen molar-refractivity contribution in [3.05, 3.63) is 42.2 Å². The fourth-order valence-electron chi connectivity index (χ4n) is 4.83. The van der Waals surface area contributed by atoms with E-state index in [1.165, 1.54) is 0 Å². The van der Waals surface area contributed by atoms with Crippen molar-refractivity contribution in [2.45, 2.75) is 38.3 Å². The molecule has 3 aliphatic carbocycles. The number of hydrazone groups is 1. The third-order valence-corrected chi connectivity index (χ3v) is 5.82. The van der Waals surface area contributed by atoms with E-state index in [4.69, 9.17) is 5.26 Å². The molecule has 2 aromatic heterocycles. The van der Waals surface area contributed by atoms with E-state index < -0.39 is 0 Å². The molecule has 2 bridgehead atoms. The molecule has 8 heteroatoms. The van der Waals surface area contributed by atoms with Crippen LogP contribution >= 0.6 is 0 Å². The summed E-state index contributed by atoms with van der Waals surface area (Å²) in [6.07, 6.45) is 13.4. The third-order valence-electron chi connectivity index (χ3n) is 5.82. The van der Waals surface area contributed by atoms with Crippen LogP contribution in [0.5, 0.6) is 0 Å². The first-order valence-corrected chi connectivity index (χ1v) is 8.68. The van der Waals surface area contributed by atoms with Crippen LogP contribution in [0, 0.1) is 22.2 Å². The summed E-state index contributed by atoms with van der Waals surface area (Å²) in [6, 6.07) is 1.95. The molecule has 1 unspecified atom stereocenters. The fourth-order valence-corrected chi connectivity index (χ4v) is 4.83. The minimum absolute atomic E-state index is 0.0990. The Morgan fingerprint density at radius 1 is 1.31 bits per heavy atom. The number of amides is 1. The summed E-state index contributed by atoms with van der Waals surface area (Å²) in [5.41, 5.74) is 1.20. The van der Waals surface area contributed by atoms with Gasteiger partial charge < -0.3 is 0 Å². The Hall–Kier alpha value is -3.08. The van der Waals surface area contributed by atoms with E-state index in [1.807, 2.05) is 4.68 Å². The van der Waals surface area contributed by atoms with Crippen LogP contribution in [0.2, 0.25) is 0 Å². The highest BCUT2D eigenvalue weighted by atomic mass is 16.2. The molecule has 1 amide bonds. The third kappa shape index (κ3) is 2.10. The zero-order valence-corrected chi connectivity index (χ0v) is 14.1. The zero-order chi connectivity index (χ0) is 17.8. The predicted molar refractivity (Wildman–Crippen MR) is 90.4 cm³/mol. The van der Waals surface area contributed by atoms with E-state index in [2.05, 4.69) is 26.2 Å². The highest BCUT2D eigenvalue weighted by Crippen LogP contribution is 2.74. The number of hydrogen-bond donors (Lipinski definition) is 0. The predicted octanol–water partition coefficient (Wildman–Crippen LogP) is 1.67. The molecule has 0 saturated heterocycles. The van der Waals surface area contributed by atoms with Crippen LogP contribution in [0.1, 0.15) is 43.0 Å². The highest BCUT2D eigenvalue weighted by Gasteiger charge is 2.72. The van der Waals surface area contributed by atoms with Gasteiger partial charge in [0.25, 0.3) is 0 Å². The molecule has 1 atom stereocenters. The normalized spacial score (nSPS) is 31.2. The SMILES string of the molecule is N#Cc1cnn(CC23CC(C(=O)N4N=CCC4c4cnccn4)(C2)C3)c1. The van der Waals surface area contributed by atoms with Crippen molar-refractivity contribution >= 4 is 12.1 Å². The molecule has 0 N–H and O–H groups in total. The summed E-state index contributed by atoms with van der Waals surface area (Å²) in [7, 11) is 0. The minimum atomic E-state index is -0.284. The summed E-state index contributed by atoms with van der Waals surface area (Å²) >= 11 is 0. The van der Waals surface area contributed by atoms with Gasteiger partial charge in [-0.25, -0.2) is 5.01 Å². The lowest BCUT2D eigenvalue weighted by atomic mass is 9.34. The Bertz CT molecular complexity index is 922. The minimum Gasteiger partial charge on any atom is -0.272 e. The van der Waals surface area contributed by atoms with Crippen molar-refractivity contribution in [2.24, 2.45) is 15.9 Å². The van der Waals surface area contributed by atoms with Crippen molar-refractivity contribution in [2.75, 3.05) is 0 Å². The number of hydrogen-bond acceptors (Lipinski definition) is 6. The van der Waals surface area contributed by atoms with Gasteiger partial charge in [-0.15, -0.1) is 0 Å². The number of rotatable bonds is 4. The number of nitriles is 1. The first-order chi connectivity index (χ1) is 12.6. The van der Waals surface area contributed by atoms with E-state index in [0.717, 1.165) is 31.5 Å². The molecule has 6 rings (SSSR count). The van der Waals surface area contributed by atoms with Crippen molar-refractivity contribution in [1.82, 2.24) is 24.8 Å². The summed E-state index contributed by atoms with van der Waals surface area (Å²) in [4.78, 5) is 21.6. The van der Waals surface area contributed by atoms with E-state index in [-0.39, 0.29) is 22.8 Å². The van der Waals surface area contributed by atoms with Crippen LogP contribution in [0.25, 0.3) is 0 Å². The van der Waals surface area contributed by atoms with Gasteiger partial charge >= 0.3 is 0 Å². The summed E-state index contributed by atoms with van der Waals surface area (Å²) in [5, 5.41) is 19.1. The number of aromatic nitrogens is 4. The van der Waals surface area contributed by atoms with Crippen LogP contribution in [0.3, 0.4) is 0 Å². The molecule has 130 valence electrons. The molecule has 0 aromatic carbocycles. The summed E-state index contributed by atoms with van der Waals surface area (Å²) in [6.45, 7) is 0.764. The molecular formula is C18H17N7O. The number of carbonyl (C=O) groups excluding carboxylic acids is 1. The van der Waals surface area contributed by atoms with Gasteiger partial charge in [0.1, 0.15) is 12.1 Å². The second kappa shape index (κ2) is 5.21. The Morgan fingerprint density at radius 3 is 2.85 bits per heavy atom. The van der Waals surface area contributed by atoms with Gasteiger partial charge in [-0.2, -0.15) is 15.5 Å². The van der Waals surface area contributed by atoms with Gasteiger partial charge in [-0.3, -0.25) is 19.4 Å². The second-order valence-electron chi connectivity index (χ2n) is 7.68. The zero-order valence-electron chi connectivity index (χ0n) is 14.1. The summed E-state index contributed by atoms with van der Waals surface area (Å²) in [5.74, 6) is 0.0990. The van der Waals surface area contributed by atoms with E-state index in [9.17, 15) is 4.79 Å². The van der Waals surface area contributed by atoms with E-state index in [0.29, 0.717) is 12.0 Å². The fraction of sp³-hybridized carbons (Fsp3) is 0.444. The maximum atomic E-state index is 13.1. The second-order valence-corrected chi connectivity index (χ2v) is 7.68. The molecule has 4 aliphatic rings. The van der Waals surface area contributed by atoms with Crippen LogP contribution in [-0.4, -0.2) is 36.9 Å². The molecule has 3 heterocycles. The summed E-state index contributed by atoms with van der Waals surface area (Å²) < 4.78 is 1.82. The quantitative estimate of drug-likeness (QED) is 0.837. The lowest BCUT2D eigenvalue weighted by Crippen LogP contribution is -2.68. The average Bonchev–Trinajstić information content (AvgIpc) is 3.26. The lowest BCUT2D eigenvalue weighted by Gasteiger charge is -2.69. The molecule has 0 radical (unpaired) electrons. The average molecular weight is 347 g/mol. The Labute approximate surface area is 150 Å². The maximum absolute atomic E-state index is 13.1.